The number of amides is 2. The quantitative estimate of drug-likeness (QED) is 0.436. The molecule has 0 aromatic heterocycles. The van der Waals surface area contributed by atoms with Crippen LogP contribution in [0.25, 0.3) is 0 Å². The topological polar surface area (TPSA) is 145 Å². The molecular weight excluding hydrogens is 446 g/mol. The molecule has 0 saturated heterocycles. The van der Waals surface area contributed by atoms with Gasteiger partial charge in [0.2, 0.25) is 11.8 Å². The van der Waals surface area contributed by atoms with Crippen LogP contribution in [0.1, 0.15) is 78.1 Å². The Balaban J connectivity index is 1.29. The number of aliphatic hydroxyl groups is 1. The van der Waals surface area contributed by atoms with E-state index in [2.05, 4.69) is 19.2 Å². The number of hydrogen-bond acceptors (Lipinski definition) is 6. The number of hydrogen-bond donors (Lipinski definition) is 4. The molecule has 4 aliphatic carbocycles. The van der Waals surface area contributed by atoms with Gasteiger partial charge in [0, 0.05) is 17.5 Å². The minimum atomic E-state index is -0.896. The molecule has 0 radical (unpaired) electrons. The van der Waals surface area contributed by atoms with E-state index in [0.29, 0.717) is 18.4 Å². The van der Waals surface area contributed by atoms with Gasteiger partial charge in [0.05, 0.1) is 18.1 Å². The predicted molar refractivity (Wildman–Crippen MR) is 129 cm³/mol. The van der Waals surface area contributed by atoms with Crippen molar-refractivity contribution in [1.29, 1.82) is 0 Å². The van der Waals surface area contributed by atoms with Crippen LogP contribution in [-0.4, -0.2) is 47.2 Å². The van der Waals surface area contributed by atoms with Gasteiger partial charge < -0.3 is 26.6 Å². The van der Waals surface area contributed by atoms with Gasteiger partial charge in [0.15, 0.2) is 0 Å². The van der Waals surface area contributed by atoms with E-state index in [4.69, 9.17) is 16.2 Å². The van der Waals surface area contributed by atoms with E-state index in [-0.39, 0.29) is 47.0 Å². The second kappa shape index (κ2) is 8.58. The van der Waals surface area contributed by atoms with Gasteiger partial charge in [-0.15, -0.1) is 0 Å². The maximum absolute atomic E-state index is 12.5. The van der Waals surface area contributed by atoms with Crippen molar-refractivity contribution in [1.82, 2.24) is 5.32 Å². The number of primary amides is 1. The van der Waals surface area contributed by atoms with Crippen LogP contribution in [0.4, 0.5) is 0 Å². The molecule has 194 valence electrons. The summed E-state index contributed by atoms with van der Waals surface area (Å²) >= 11 is 0. The molecule has 0 bridgehead atoms. The summed E-state index contributed by atoms with van der Waals surface area (Å²) < 4.78 is 5.23. The van der Waals surface area contributed by atoms with Gasteiger partial charge in [-0.25, -0.2) is 4.79 Å². The van der Waals surface area contributed by atoms with Crippen molar-refractivity contribution >= 4 is 17.8 Å². The normalized spacial score (nSPS) is 45.4. The fourth-order valence-corrected chi connectivity index (χ4v) is 9.16. The number of fused-ring (bicyclic) bond motifs is 5. The highest BCUT2D eigenvalue weighted by atomic mass is 16.5. The highest BCUT2D eigenvalue weighted by Crippen LogP contribution is 2.69. The van der Waals surface area contributed by atoms with Gasteiger partial charge in [-0.1, -0.05) is 13.8 Å². The summed E-state index contributed by atoms with van der Waals surface area (Å²) in [7, 11) is 0. The first kappa shape index (κ1) is 24.8. The summed E-state index contributed by atoms with van der Waals surface area (Å²) in [4.78, 5) is 35.3. The third-order valence-electron chi connectivity index (χ3n) is 11.1. The summed E-state index contributed by atoms with van der Waals surface area (Å²) in [6, 6.07) is -0.830. The fraction of sp³-hybridized carbons (Fsp3) is 0.815. The second-order valence-corrected chi connectivity index (χ2v) is 12.5. The standard InChI is InChI=1S/C27H41N3O5/c1-25-8-5-17(30-24(33)21(28)13-22(29)31)12-16(25)3-4-20-19(25)6-9-26(2)18(7-10-27(20,26)34)15-11-23(32)35-14-15/h11,16-21,34H,3-10,12-14,28H2,1-2H3,(H2,29,31)(H,30,33)/t16?,17-,18+,19-,20?,21+,25-,26+,27-/m0/s1. The van der Waals surface area contributed by atoms with E-state index in [1.165, 1.54) is 0 Å². The van der Waals surface area contributed by atoms with Gasteiger partial charge in [-0.3, -0.25) is 9.59 Å². The van der Waals surface area contributed by atoms with Crippen LogP contribution >= 0.6 is 0 Å². The van der Waals surface area contributed by atoms with Crippen molar-refractivity contribution in [3.8, 4) is 0 Å². The molecule has 8 nitrogen and oxygen atoms in total. The number of ether oxygens (including phenoxy) is 1. The highest BCUT2D eigenvalue weighted by Gasteiger charge is 2.67. The monoisotopic (exact) mass is 487 g/mol. The molecule has 4 saturated carbocycles. The number of carbonyl (C=O) groups excluding carboxylic acids is 3. The van der Waals surface area contributed by atoms with Gasteiger partial charge in [0.1, 0.15) is 6.61 Å². The Morgan fingerprint density at radius 1 is 1.14 bits per heavy atom. The molecule has 0 aromatic carbocycles. The number of nitrogens with one attached hydrogen (secondary N) is 1. The second-order valence-electron chi connectivity index (χ2n) is 12.5. The summed E-state index contributed by atoms with van der Waals surface area (Å²) in [6.45, 7) is 5.04. The molecule has 0 spiro atoms. The van der Waals surface area contributed by atoms with Crippen molar-refractivity contribution in [2.45, 2.75) is 95.7 Å². The van der Waals surface area contributed by atoms with Crippen LogP contribution in [0.5, 0.6) is 0 Å². The van der Waals surface area contributed by atoms with Crippen molar-refractivity contribution in [2.75, 3.05) is 6.61 Å². The maximum atomic E-state index is 12.5. The molecule has 5 aliphatic rings. The molecule has 1 aliphatic heterocycles. The molecule has 0 aromatic rings. The van der Waals surface area contributed by atoms with Gasteiger partial charge in [-0.2, -0.15) is 0 Å². The maximum Gasteiger partial charge on any atom is 0.331 e. The minimum absolute atomic E-state index is 0.0655. The number of carbonyl (C=O) groups is 3. The molecule has 35 heavy (non-hydrogen) atoms. The zero-order chi connectivity index (χ0) is 25.2. The first-order valence-electron chi connectivity index (χ1n) is 13.4. The van der Waals surface area contributed by atoms with E-state index in [9.17, 15) is 19.5 Å². The Bertz CT molecular complexity index is 951. The molecular formula is C27H41N3O5. The lowest BCUT2D eigenvalue weighted by atomic mass is 9.43. The Morgan fingerprint density at radius 2 is 1.91 bits per heavy atom. The Kier molecular flexibility index (Phi) is 6.07. The predicted octanol–water partition coefficient (Wildman–Crippen LogP) is 1.93. The zero-order valence-corrected chi connectivity index (χ0v) is 21.1. The van der Waals surface area contributed by atoms with Gasteiger partial charge in [0.25, 0.3) is 0 Å². The van der Waals surface area contributed by atoms with E-state index < -0.39 is 17.6 Å². The average molecular weight is 488 g/mol. The third kappa shape index (κ3) is 3.82. The lowest BCUT2D eigenvalue weighted by Crippen LogP contribution is -2.63. The third-order valence-corrected chi connectivity index (χ3v) is 11.1. The Morgan fingerprint density at radius 3 is 2.60 bits per heavy atom. The SMILES string of the molecule is C[C@]12CC[C@H](NC(=O)[C@H](N)CC(N)=O)CC1CCC1[C@@H]2CC[C@]2(C)[C@@H](C3=CC(=O)OC3)CC[C@]12O. The van der Waals surface area contributed by atoms with E-state index in [1.807, 2.05) is 0 Å². The van der Waals surface area contributed by atoms with Gasteiger partial charge >= 0.3 is 5.97 Å². The summed E-state index contributed by atoms with van der Waals surface area (Å²) in [5.41, 5.74) is 11.3. The van der Waals surface area contributed by atoms with Crippen molar-refractivity contribution in [2.24, 2.45) is 46.0 Å². The van der Waals surface area contributed by atoms with Crippen LogP contribution in [0.2, 0.25) is 0 Å². The van der Waals surface area contributed by atoms with E-state index >= 15 is 0 Å². The molecule has 8 heteroatoms. The number of esters is 1. The fourth-order valence-electron chi connectivity index (χ4n) is 9.16. The zero-order valence-electron chi connectivity index (χ0n) is 21.1. The smallest absolute Gasteiger partial charge is 0.331 e. The van der Waals surface area contributed by atoms with E-state index in [1.54, 1.807) is 6.08 Å². The van der Waals surface area contributed by atoms with E-state index in [0.717, 1.165) is 63.4 Å². The first-order chi connectivity index (χ1) is 16.5. The molecule has 6 N–H and O–H groups in total. The number of cyclic esters (lactones) is 1. The molecule has 1 heterocycles. The van der Waals surface area contributed by atoms with Gasteiger partial charge in [-0.05, 0) is 92.4 Å². The van der Waals surface area contributed by atoms with Crippen LogP contribution in [0, 0.1) is 34.5 Å². The van der Waals surface area contributed by atoms with Crippen molar-refractivity contribution in [3.63, 3.8) is 0 Å². The lowest BCUT2D eigenvalue weighted by Gasteiger charge is -2.64. The lowest BCUT2D eigenvalue weighted by molar-refractivity contribution is -0.205. The Hall–Kier alpha value is -1.93. The first-order valence-corrected chi connectivity index (χ1v) is 13.4. The van der Waals surface area contributed by atoms with Crippen molar-refractivity contribution in [3.05, 3.63) is 11.6 Å². The summed E-state index contributed by atoms with van der Waals surface area (Å²) in [6.07, 6.45) is 10.1. The van der Waals surface area contributed by atoms with Crippen LogP contribution in [-0.2, 0) is 19.1 Å². The summed E-state index contributed by atoms with van der Waals surface area (Å²) in [5, 5.41) is 15.4. The molecule has 2 unspecified atom stereocenters. The van der Waals surface area contributed by atoms with Crippen LogP contribution in [0.3, 0.4) is 0 Å². The number of rotatable bonds is 5. The largest absolute Gasteiger partial charge is 0.458 e. The molecule has 2 amide bonds. The average Bonchev–Trinajstić information content (AvgIpc) is 3.33. The molecule has 5 rings (SSSR count). The highest BCUT2D eigenvalue weighted by molar-refractivity contribution is 5.87. The Labute approximate surface area is 207 Å². The summed E-state index contributed by atoms with van der Waals surface area (Å²) in [5.74, 6) is 0.310. The van der Waals surface area contributed by atoms with Crippen molar-refractivity contribution < 1.29 is 24.2 Å². The number of nitrogens with two attached hydrogens (primary N) is 2. The minimum Gasteiger partial charge on any atom is -0.458 e. The molecule has 4 fully saturated rings. The van der Waals surface area contributed by atoms with Crippen LogP contribution < -0.4 is 16.8 Å². The van der Waals surface area contributed by atoms with Crippen LogP contribution in [0.15, 0.2) is 11.6 Å². The molecule has 9 atom stereocenters.